The van der Waals surface area contributed by atoms with Gasteiger partial charge in [-0.25, -0.2) is 13.2 Å². The van der Waals surface area contributed by atoms with Gasteiger partial charge in [0.25, 0.3) is 0 Å². The summed E-state index contributed by atoms with van der Waals surface area (Å²) in [6.07, 6.45) is 1.61. The average molecular weight is 378 g/mol. The summed E-state index contributed by atoms with van der Waals surface area (Å²) in [4.78, 5) is 11.1. The highest BCUT2D eigenvalue weighted by Gasteiger charge is 2.28. The molecule has 0 fully saturated rings. The van der Waals surface area contributed by atoms with Crippen LogP contribution in [0.1, 0.15) is 42.6 Å². The van der Waals surface area contributed by atoms with Crippen LogP contribution >= 0.6 is 15.9 Å². The van der Waals surface area contributed by atoms with Crippen molar-refractivity contribution in [1.82, 2.24) is 4.31 Å². The van der Waals surface area contributed by atoms with Crippen LogP contribution in [0.25, 0.3) is 0 Å². The maximum atomic E-state index is 12.7. The number of rotatable bonds is 6. The SMILES string of the molecule is CCCC(C)N(C)S(=O)(=O)c1cc(C(=O)O)cc(C)c1Br. The fourth-order valence-electron chi connectivity index (χ4n) is 2.04. The van der Waals surface area contributed by atoms with Gasteiger partial charge in [0.2, 0.25) is 10.0 Å². The number of aromatic carboxylic acids is 1. The topological polar surface area (TPSA) is 74.7 Å². The lowest BCUT2D eigenvalue weighted by Gasteiger charge is -2.25. The molecule has 1 aromatic rings. The van der Waals surface area contributed by atoms with Gasteiger partial charge in [0.1, 0.15) is 0 Å². The van der Waals surface area contributed by atoms with Crippen LogP contribution in [-0.2, 0) is 10.0 Å². The van der Waals surface area contributed by atoms with Crippen molar-refractivity contribution in [2.45, 2.75) is 44.6 Å². The zero-order valence-corrected chi connectivity index (χ0v) is 15.0. The van der Waals surface area contributed by atoms with Crippen molar-refractivity contribution in [3.63, 3.8) is 0 Å². The number of benzene rings is 1. The van der Waals surface area contributed by atoms with Crippen molar-refractivity contribution in [1.29, 1.82) is 0 Å². The van der Waals surface area contributed by atoms with Crippen LogP contribution in [-0.4, -0.2) is 36.9 Å². The van der Waals surface area contributed by atoms with E-state index in [1.807, 2.05) is 13.8 Å². The predicted octanol–water partition coefficient (Wildman–Crippen LogP) is 3.26. The normalized spacial score (nSPS) is 13.4. The summed E-state index contributed by atoms with van der Waals surface area (Å²) in [6.45, 7) is 5.50. The van der Waals surface area contributed by atoms with Gasteiger partial charge in [-0.2, -0.15) is 4.31 Å². The van der Waals surface area contributed by atoms with Crippen LogP contribution < -0.4 is 0 Å². The molecule has 1 rings (SSSR count). The molecule has 1 N–H and O–H groups in total. The van der Waals surface area contributed by atoms with Crippen molar-refractivity contribution in [2.24, 2.45) is 0 Å². The fourth-order valence-corrected chi connectivity index (χ4v) is 4.44. The van der Waals surface area contributed by atoms with E-state index < -0.39 is 16.0 Å². The lowest BCUT2D eigenvalue weighted by Crippen LogP contribution is -2.35. The third kappa shape index (κ3) is 3.84. The highest BCUT2D eigenvalue weighted by Crippen LogP contribution is 2.30. The number of aryl methyl sites for hydroxylation is 1. The molecule has 0 aliphatic heterocycles. The first-order valence-corrected chi connectivity index (χ1v) is 8.87. The van der Waals surface area contributed by atoms with Crippen LogP contribution in [0, 0.1) is 6.92 Å². The molecule has 118 valence electrons. The molecule has 0 aliphatic rings. The fraction of sp³-hybridized carbons (Fsp3) is 0.500. The predicted molar refractivity (Wildman–Crippen MR) is 85.2 cm³/mol. The maximum absolute atomic E-state index is 12.7. The number of halogens is 1. The van der Waals surface area contributed by atoms with Crippen molar-refractivity contribution >= 4 is 31.9 Å². The van der Waals surface area contributed by atoms with Gasteiger partial charge in [0.15, 0.2) is 0 Å². The minimum Gasteiger partial charge on any atom is -0.478 e. The standard InChI is InChI=1S/C14H20BrNO4S/c1-5-6-10(3)16(4)21(19,20)12-8-11(14(17)18)7-9(2)13(12)15/h7-8,10H,5-6H2,1-4H3,(H,17,18). The molecular formula is C14H20BrNO4S. The first-order chi connectivity index (χ1) is 9.62. The number of carboxylic acid groups (broad SMARTS) is 1. The monoisotopic (exact) mass is 377 g/mol. The largest absolute Gasteiger partial charge is 0.478 e. The molecule has 0 spiro atoms. The maximum Gasteiger partial charge on any atom is 0.335 e. The number of carbonyl (C=O) groups is 1. The molecule has 0 bridgehead atoms. The molecule has 0 saturated carbocycles. The van der Waals surface area contributed by atoms with E-state index in [1.165, 1.54) is 23.5 Å². The highest BCUT2D eigenvalue weighted by molar-refractivity contribution is 9.10. The van der Waals surface area contributed by atoms with E-state index in [4.69, 9.17) is 5.11 Å². The Labute approximate surface area is 134 Å². The lowest BCUT2D eigenvalue weighted by atomic mass is 10.1. The molecule has 0 heterocycles. The van der Waals surface area contributed by atoms with Gasteiger partial charge in [-0.3, -0.25) is 0 Å². The molecule has 0 radical (unpaired) electrons. The third-order valence-corrected chi connectivity index (χ3v) is 6.76. The molecule has 5 nitrogen and oxygen atoms in total. The van der Waals surface area contributed by atoms with Gasteiger partial charge in [0.05, 0.1) is 10.5 Å². The van der Waals surface area contributed by atoms with E-state index in [9.17, 15) is 13.2 Å². The Hall–Kier alpha value is -0.920. The minimum atomic E-state index is -3.75. The number of sulfonamides is 1. The molecule has 1 unspecified atom stereocenters. The molecule has 7 heteroatoms. The highest BCUT2D eigenvalue weighted by atomic mass is 79.9. The summed E-state index contributed by atoms with van der Waals surface area (Å²) >= 11 is 3.26. The van der Waals surface area contributed by atoms with Crippen LogP contribution in [0.4, 0.5) is 0 Å². The van der Waals surface area contributed by atoms with E-state index in [1.54, 1.807) is 6.92 Å². The molecule has 0 amide bonds. The zero-order valence-electron chi connectivity index (χ0n) is 12.6. The summed E-state index contributed by atoms with van der Waals surface area (Å²) in [5.74, 6) is -1.15. The van der Waals surface area contributed by atoms with Crippen LogP contribution in [0.15, 0.2) is 21.5 Å². The van der Waals surface area contributed by atoms with Gasteiger partial charge in [-0.05, 0) is 53.9 Å². The Morgan fingerprint density at radius 3 is 2.48 bits per heavy atom. The van der Waals surface area contributed by atoms with Crippen LogP contribution in [0.2, 0.25) is 0 Å². The second-order valence-electron chi connectivity index (χ2n) is 5.07. The number of nitrogens with zero attached hydrogens (tertiary/aromatic N) is 1. The lowest BCUT2D eigenvalue weighted by molar-refractivity contribution is 0.0696. The first-order valence-electron chi connectivity index (χ1n) is 6.64. The van der Waals surface area contributed by atoms with Crippen molar-refractivity contribution in [2.75, 3.05) is 7.05 Å². The summed E-state index contributed by atoms with van der Waals surface area (Å²) in [5.41, 5.74) is 0.538. The van der Waals surface area contributed by atoms with E-state index in [0.717, 1.165) is 12.8 Å². The zero-order chi connectivity index (χ0) is 16.4. The first kappa shape index (κ1) is 18.1. The summed E-state index contributed by atoms with van der Waals surface area (Å²) < 4.78 is 27.1. The molecule has 1 aromatic carbocycles. The van der Waals surface area contributed by atoms with E-state index in [0.29, 0.717) is 10.0 Å². The smallest absolute Gasteiger partial charge is 0.335 e. The van der Waals surface area contributed by atoms with Crippen molar-refractivity contribution in [3.05, 3.63) is 27.7 Å². The Kier molecular flexibility index (Phi) is 5.95. The third-order valence-electron chi connectivity index (χ3n) is 3.45. The average Bonchev–Trinajstić information content (AvgIpc) is 2.40. The Bertz CT molecular complexity index is 643. The molecule has 1 atom stereocenters. The summed E-state index contributed by atoms with van der Waals surface area (Å²) in [7, 11) is -2.23. The number of hydrogen-bond acceptors (Lipinski definition) is 3. The Morgan fingerprint density at radius 2 is 2.00 bits per heavy atom. The minimum absolute atomic E-state index is 0.00893. The van der Waals surface area contributed by atoms with E-state index >= 15 is 0 Å². The van der Waals surface area contributed by atoms with Gasteiger partial charge < -0.3 is 5.11 Å². The number of carboxylic acids is 1. The second kappa shape index (κ2) is 6.89. The van der Waals surface area contributed by atoms with Gasteiger partial charge in [-0.15, -0.1) is 0 Å². The molecule has 21 heavy (non-hydrogen) atoms. The van der Waals surface area contributed by atoms with Crippen LogP contribution in [0.5, 0.6) is 0 Å². The summed E-state index contributed by atoms with van der Waals surface area (Å²) in [5, 5.41) is 9.10. The Morgan fingerprint density at radius 1 is 1.43 bits per heavy atom. The van der Waals surface area contributed by atoms with Crippen LogP contribution in [0.3, 0.4) is 0 Å². The molecular weight excluding hydrogens is 358 g/mol. The van der Waals surface area contributed by atoms with Gasteiger partial charge in [0, 0.05) is 17.6 Å². The summed E-state index contributed by atoms with van der Waals surface area (Å²) in [6, 6.07) is 2.49. The molecule has 0 aliphatic carbocycles. The Balaban J connectivity index is 3.40. The quantitative estimate of drug-likeness (QED) is 0.825. The van der Waals surface area contributed by atoms with Crippen molar-refractivity contribution < 1.29 is 18.3 Å². The van der Waals surface area contributed by atoms with Crippen molar-refractivity contribution in [3.8, 4) is 0 Å². The van der Waals surface area contributed by atoms with E-state index in [-0.39, 0.29) is 16.5 Å². The molecule has 0 aromatic heterocycles. The van der Waals surface area contributed by atoms with E-state index in [2.05, 4.69) is 15.9 Å². The second-order valence-corrected chi connectivity index (χ2v) is 7.83. The van der Waals surface area contributed by atoms with Gasteiger partial charge in [-0.1, -0.05) is 13.3 Å². The number of hydrogen-bond donors (Lipinski definition) is 1. The molecule has 0 saturated heterocycles. The van der Waals surface area contributed by atoms with Gasteiger partial charge >= 0.3 is 5.97 Å².